The molecule has 1 aliphatic heterocycles. The first-order chi connectivity index (χ1) is 11.6. The molecule has 1 fully saturated rings. The van der Waals surface area contributed by atoms with E-state index >= 15 is 0 Å². The van der Waals surface area contributed by atoms with E-state index < -0.39 is 11.8 Å². The number of hydrogen-bond donors (Lipinski definition) is 2. The highest BCUT2D eigenvalue weighted by molar-refractivity contribution is 6.40. The van der Waals surface area contributed by atoms with Crippen LogP contribution < -0.4 is 11.1 Å². The van der Waals surface area contributed by atoms with Crippen LogP contribution in [0.5, 0.6) is 0 Å². The van der Waals surface area contributed by atoms with Crippen LogP contribution in [0.25, 0.3) is 10.9 Å². The fraction of sp³-hybridized carbons (Fsp3) is 0.294. The molecule has 7 nitrogen and oxygen atoms in total. The first-order valence-electron chi connectivity index (χ1n) is 7.79. The van der Waals surface area contributed by atoms with Crippen LogP contribution in [-0.4, -0.2) is 40.7 Å². The number of pyridine rings is 1. The van der Waals surface area contributed by atoms with Crippen molar-refractivity contribution in [2.45, 2.75) is 12.8 Å². The maximum absolute atomic E-state index is 12.3. The van der Waals surface area contributed by atoms with E-state index in [1.807, 2.05) is 18.2 Å². The average molecular weight is 326 g/mol. The zero-order valence-corrected chi connectivity index (χ0v) is 13.1. The van der Waals surface area contributed by atoms with Crippen LogP contribution in [0, 0.1) is 5.92 Å². The second kappa shape index (κ2) is 6.66. The SMILES string of the molecule is NC(=O)C1CCN(C(=O)C(=O)Nc2cccc3cccnc23)CC1. The Morgan fingerprint density at radius 2 is 1.83 bits per heavy atom. The standard InChI is InChI=1S/C17H18N4O3/c18-15(22)12-6-9-21(10-7-12)17(24)16(23)20-13-5-1-3-11-4-2-8-19-14(11)13/h1-5,8,12H,6-7,9-10H2,(H2,18,22)(H,20,23). The van der Waals surface area contributed by atoms with Crippen molar-refractivity contribution in [2.24, 2.45) is 11.7 Å². The number of fused-ring (bicyclic) bond motifs is 1. The highest BCUT2D eigenvalue weighted by atomic mass is 16.2. The third-order valence-electron chi connectivity index (χ3n) is 4.26. The molecule has 124 valence electrons. The first-order valence-corrected chi connectivity index (χ1v) is 7.79. The number of benzene rings is 1. The Morgan fingerprint density at radius 1 is 1.12 bits per heavy atom. The fourth-order valence-corrected chi connectivity index (χ4v) is 2.89. The van der Waals surface area contributed by atoms with Gasteiger partial charge in [-0.1, -0.05) is 18.2 Å². The number of hydrogen-bond acceptors (Lipinski definition) is 4. The third-order valence-corrected chi connectivity index (χ3v) is 4.26. The third kappa shape index (κ3) is 3.19. The van der Waals surface area contributed by atoms with Crippen molar-refractivity contribution >= 4 is 34.3 Å². The number of piperidine rings is 1. The number of rotatable bonds is 2. The van der Waals surface area contributed by atoms with E-state index in [4.69, 9.17) is 5.73 Å². The maximum Gasteiger partial charge on any atom is 0.313 e. The molecule has 0 aliphatic carbocycles. The van der Waals surface area contributed by atoms with Crippen molar-refractivity contribution < 1.29 is 14.4 Å². The normalized spacial score (nSPS) is 15.2. The van der Waals surface area contributed by atoms with E-state index in [1.54, 1.807) is 18.3 Å². The summed E-state index contributed by atoms with van der Waals surface area (Å²) in [5.74, 6) is -1.88. The van der Waals surface area contributed by atoms with Crippen molar-refractivity contribution in [3.05, 3.63) is 36.5 Å². The molecule has 0 bridgehead atoms. The van der Waals surface area contributed by atoms with E-state index in [0.717, 1.165) is 5.39 Å². The van der Waals surface area contributed by atoms with Crippen LogP contribution in [0.15, 0.2) is 36.5 Å². The molecule has 3 N–H and O–H groups in total. The van der Waals surface area contributed by atoms with Crippen LogP contribution in [0.2, 0.25) is 0 Å². The molecule has 2 aromatic rings. The molecule has 1 aromatic carbocycles. The Balaban J connectivity index is 1.68. The molecule has 0 spiro atoms. The molecular formula is C17H18N4O3. The van der Waals surface area contributed by atoms with Gasteiger partial charge in [-0.3, -0.25) is 19.4 Å². The van der Waals surface area contributed by atoms with Gasteiger partial charge in [-0.05, 0) is 25.0 Å². The van der Waals surface area contributed by atoms with E-state index in [0.29, 0.717) is 37.1 Å². The number of anilines is 1. The van der Waals surface area contributed by atoms with E-state index in [1.165, 1.54) is 4.90 Å². The number of nitrogens with one attached hydrogen (secondary N) is 1. The summed E-state index contributed by atoms with van der Waals surface area (Å²) in [6, 6.07) is 9.08. The summed E-state index contributed by atoms with van der Waals surface area (Å²) < 4.78 is 0. The quantitative estimate of drug-likeness (QED) is 0.800. The Kier molecular flexibility index (Phi) is 4.41. The van der Waals surface area contributed by atoms with Crippen molar-refractivity contribution in [1.29, 1.82) is 0 Å². The first kappa shape index (κ1) is 15.9. The Morgan fingerprint density at radius 3 is 2.54 bits per heavy atom. The number of nitrogens with zero attached hydrogens (tertiary/aromatic N) is 2. The lowest BCUT2D eigenvalue weighted by Crippen LogP contribution is -2.46. The number of primary amides is 1. The summed E-state index contributed by atoms with van der Waals surface area (Å²) in [6.45, 7) is 0.710. The topological polar surface area (TPSA) is 105 Å². The van der Waals surface area contributed by atoms with Gasteiger partial charge in [0.2, 0.25) is 5.91 Å². The van der Waals surface area contributed by atoms with E-state index in [9.17, 15) is 14.4 Å². The Hall–Kier alpha value is -2.96. The number of para-hydroxylation sites is 1. The van der Waals surface area contributed by atoms with Crippen molar-refractivity contribution in [1.82, 2.24) is 9.88 Å². The van der Waals surface area contributed by atoms with Gasteiger partial charge >= 0.3 is 11.8 Å². The van der Waals surface area contributed by atoms with Crippen molar-refractivity contribution in [2.75, 3.05) is 18.4 Å². The molecule has 2 heterocycles. The van der Waals surface area contributed by atoms with Gasteiger partial charge in [-0.25, -0.2) is 0 Å². The number of likely N-dealkylation sites (tertiary alicyclic amines) is 1. The van der Waals surface area contributed by atoms with Gasteiger partial charge in [-0.2, -0.15) is 0 Å². The molecule has 1 aliphatic rings. The Labute approximate surface area is 138 Å². The minimum Gasteiger partial charge on any atom is -0.369 e. The van der Waals surface area contributed by atoms with Gasteiger partial charge in [0.05, 0.1) is 11.2 Å². The summed E-state index contributed by atoms with van der Waals surface area (Å²) in [7, 11) is 0. The molecule has 1 saturated heterocycles. The lowest BCUT2D eigenvalue weighted by molar-refractivity contribution is -0.144. The highest BCUT2D eigenvalue weighted by Crippen LogP contribution is 2.21. The lowest BCUT2D eigenvalue weighted by atomic mass is 9.96. The minimum atomic E-state index is -0.703. The van der Waals surface area contributed by atoms with Gasteiger partial charge in [0.15, 0.2) is 0 Å². The molecule has 1 aromatic heterocycles. The summed E-state index contributed by atoms with van der Waals surface area (Å²) in [5.41, 5.74) is 6.41. The average Bonchev–Trinajstić information content (AvgIpc) is 2.61. The minimum absolute atomic E-state index is 0.223. The second-order valence-electron chi connectivity index (χ2n) is 5.80. The molecule has 3 amide bonds. The maximum atomic E-state index is 12.3. The number of amides is 3. The van der Waals surface area contributed by atoms with E-state index in [2.05, 4.69) is 10.3 Å². The number of carbonyl (C=O) groups excluding carboxylic acids is 3. The van der Waals surface area contributed by atoms with Crippen molar-refractivity contribution in [3.63, 3.8) is 0 Å². The summed E-state index contributed by atoms with van der Waals surface area (Å²) in [5, 5.41) is 3.51. The molecule has 0 unspecified atom stereocenters. The van der Waals surface area contributed by atoms with Crippen LogP contribution in [-0.2, 0) is 14.4 Å². The van der Waals surface area contributed by atoms with Gasteiger partial charge in [0.25, 0.3) is 0 Å². The summed E-state index contributed by atoms with van der Waals surface area (Å²) in [6.07, 6.45) is 2.61. The Bertz CT molecular complexity index is 792. The molecule has 3 rings (SSSR count). The van der Waals surface area contributed by atoms with Gasteiger partial charge in [-0.15, -0.1) is 0 Å². The zero-order chi connectivity index (χ0) is 17.1. The predicted octanol–water partition coefficient (Wildman–Crippen LogP) is 0.897. The molecule has 0 atom stereocenters. The predicted molar refractivity (Wildman–Crippen MR) is 88.9 cm³/mol. The molecule has 7 heteroatoms. The lowest BCUT2D eigenvalue weighted by Gasteiger charge is -2.29. The number of carbonyl (C=O) groups is 3. The molecule has 24 heavy (non-hydrogen) atoms. The zero-order valence-electron chi connectivity index (χ0n) is 13.1. The van der Waals surface area contributed by atoms with Crippen LogP contribution in [0.3, 0.4) is 0 Å². The highest BCUT2D eigenvalue weighted by Gasteiger charge is 2.29. The van der Waals surface area contributed by atoms with Crippen molar-refractivity contribution in [3.8, 4) is 0 Å². The fourth-order valence-electron chi connectivity index (χ4n) is 2.89. The molecule has 0 radical (unpaired) electrons. The molecular weight excluding hydrogens is 308 g/mol. The van der Waals surface area contributed by atoms with Crippen LogP contribution in [0.4, 0.5) is 5.69 Å². The van der Waals surface area contributed by atoms with E-state index in [-0.39, 0.29) is 11.8 Å². The van der Waals surface area contributed by atoms with Gasteiger partial charge in [0, 0.05) is 30.6 Å². The smallest absolute Gasteiger partial charge is 0.313 e. The number of aromatic nitrogens is 1. The largest absolute Gasteiger partial charge is 0.369 e. The number of nitrogens with two attached hydrogens (primary N) is 1. The monoisotopic (exact) mass is 326 g/mol. The van der Waals surface area contributed by atoms with Crippen LogP contribution >= 0.6 is 0 Å². The van der Waals surface area contributed by atoms with Gasteiger partial charge in [0.1, 0.15) is 0 Å². The summed E-state index contributed by atoms with van der Waals surface area (Å²) in [4.78, 5) is 41.4. The summed E-state index contributed by atoms with van der Waals surface area (Å²) >= 11 is 0. The van der Waals surface area contributed by atoms with Crippen LogP contribution in [0.1, 0.15) is 12.8 Å². The van der Waals surface area contributed by atoms with Gasteiger partial charge < -0.3 is 16.0 Å². The second-order valence-corrected chi connectivity index (χ2v) is 5.80. The molecule has 0 saturated carbocycles.